The molecule has 0 atom stereocenters. The van der Waals surface area contributed by atoms with E-state index in [0.29, 0.717) is 17.4 Å². The molecule has 2 aromatic rings. The Morgan fingerprint density at radius 1 is 1.21 bits per heavy atom. The first-order valence-electron chi connectivity index (χ1n) is 8.96. The van der Waals surface area contributed by atoms with Crippen molar-refractivity contribution in [2.75, 3.05) is 11.4 Å². The highest BCUT2D eigenvalue weighted by Gasteiger charge is 2.36. The van der Waals surface area contributed by atoms with Gasteiger partial charge in [-0.25, -0.2) is 0 Å². The van der Waals surface area contributed by atoms with E-state index in [-0.39, 0.29) is 16.4 Å². The number of alkyl halides is 3. The van der Waals surface area contributed by atoms with E-state index in [2.05, 4.69) is 4.99 Å². The maximum atomic E-state index is 13.1. The number of hydrogen-bond donors (Lipinski definition) is 1. The van der Waals surface area contributed by atoms with E-state index < -0.39 is 17.5 Å². The van der Waals surface area contributed by atoms with Crippen molar-refractivity contribution < 1.29 is 23.1 Å². The van der Waals surface area contributed by atoms with Crippen molar-refractivity contribution in [2.45, 2.75) is 26.4 Å². The van der Waals surface area contributed by atoms with Gasteiger partial charge in [0.05, 0.1) is 16.2 Å². The van der Waals surface area contributed by atoms with E-state index in [1.54, 1.807) is 6.07 Å². The molecule has 0 aliphatic carbocycles. The molecule has 1 N–H and O–H groups in total. The molecule has 1 aliphatic heterocycles. The monoisotopic (exact) mass is 420 g/mol. The lowest BCUT2D eigenvalue weighted by Crippen LogP contribution is -2.29. The van der Waals surface area contributed by atoms with Crippen LogP contribution in [-0.2, 0) is 11.0 Å². The van der Waals surface area contributed by atoms with Crippen LogP contribution in [0.4, 0.5) is 18.9 Å². The first-order chi connectivity index (χ1) is 13.7. The van der Waals surface area contributed by atoms with Crippen molar-refractivity contribution in [1.29, 1.82) is 0 Å². The van der Waals surface area contributed by atoms with Gasteiger partial charge in [0.2, 0.25) is 0 Å². The van der Waals surface area contributed by atoms with Gasteiger partial charge >= 0.3 is 6.18 Å². The summed E-state index contributed by atoms with van der Waals surface area (Å²) in [7, 11) is 0. The lowest BCUT2D eigenvalue weighted by molar-refractivity contribution is -0.138. The molecule has 0 radical (unpaired) electrons. The fourth-order valence-corrected chi connectivity index (χ4v) is 3.83. The quantitative estimate of drug-likeness (QED) is 0.655. The molecular weight excluding hydrogens is 401 g/mol. The first-order valence-corrected chi connectivity index (χ1v) is 9.78. The molecule has 29 heavy (non-hydrogen) atoms. The zero-order valence-electron chi connectivity index (χ0n) is 15.8. The fraction of sp³-hybridized carbons (Fsp3) is 0.238. The van der Waals surface area contributed by atoms with Crippen molar-refractivity contribution >= 4 is 34.6 Å². The average molecular weight is 420 g/mol. The van der Waals surface area contributed by atoms with E-state index >= 15 is 0 Å². The smallest absolute Gasteiger partial charge is 0.419 e. The van der Waals surface area contributed by atoms with Gasteiger partial charge in [-0.1, -0.05) is 31.2 Å². The van der Waals surface area contributed by atoms with Crippen molar-refractivity contribution in [2.24, 2.45) is 4.99 Å². The summed E-state index contributed by atoms with van der Waals surface area (Å²) in [5.41, 5.74) is 0.603. The summed E-state index contributed by atoms with van der Waals surface area (Å²) >= 11 is 1.13. The molecule has 0 bridgehead atoms. The highest BCUT2D eigenvalue weighted by atomic mass is 32.2. The van der Waals surface area contributed by atoms with E-state index in [1.165, 1.54) is 17.0 Å². The predicted octanol–water partition coefficient (Wildman–Crippen LogP) is 5.61. The maximum Gasteiger partial charge on any atom is 0.419 e. The number of anilines is 1. The van der Waals surface area contributed by atoms with Crippen molar-refractivity contribution in [3.8, 4) is 5.75 Å². The van der Waals surface area contributed by atoms with E-state index in [9.17, 15) is 23.1 Å². The van der Waals surface area contributed by atoms with E-state index in [1.807, 2.05) is 32.0 Å². The largest absolute Gasteiger partial charge is 0.507 e. The Kier molecular flexibility index (Phi) is 6.02. The summed E-state index contributed by atoms with van der Waals surface area (Å²) in [6.07, 6.45) is -2.50. The molecule has 1 amide bonds. The Morgan fingerprint density at radius 2 is 1.93 bits per heavy atom. The van der Waals surface area contributed by atoms with Gasteiger partial charge in [-0.3, -0.25) is 14.7 Å². The molecule has 1 aliphatic rings. The Balaban J connectivity index is 2.03. The predicted molar refractivity (Wildman–Crippen MR) is 110 cm³/mol. The zero-order chi connectivity index (χ0) is 21.2. The molecule has 152 valence electrons. The van der Waals surface area contributed by atoms with Gasteiger partial charge in [0.1, 0.15) is 5.75 Å². The summed E-state index contributed by atoms with van der Waals surface area (Å²) < 4.78 is 39.2. The molecule has 8 heteroatoms. The Labute approximate surface area is 170 Å². The van der Waals surface area contributed by atoms with Crippen molar-refractivity contribution in [3.63, 3.8) is 0 Å². The van der Waals surface area contributed by atoms with Crippen LogP contribution in [0.2, 0.25) is 0 Å². The number of aromatic hydroxyl groups is 1. The summed E-state index contributed by atoms with van der Waals surface area (Å²) in [5, 5.41) is 10.00. The summed E-state index contributed by atoms with van der Waals surface area (Å²) in [5.74, 6) is -1.20. The first kappa shape index (κ1) is 21.0. The number of nitrogens with zero attached hydrogens (tertiary/aromatic N) is 2. The molecule has 0 spiro atoms. The number of phenols is 1. The van der Waals surface area contributed by atoms with Gasteiger partial charge in [-0.05, 0) is 60.5 Å². The molecule has 1 saturated heterocycles. The van der Waals surface area contributed by atoms with Crippen LogP contribution in [0.3, 0.4) is 0 Å². The third-order valence-electron chi connectivity index (χ3n) is 4.26. The number of amides is 1. The topological polar surface area (TPSA) is 52.9 Å². The third kappa shape index (κ3) is 4.48. The van der Waals surface area contributed by atoms with Crippen LogP contribution in [0.15, 0.2) is 52.4 Å². The Hall–Kier alpha value is -2.74. The highest BCUT2D eigenvalue weighted by Crippen LogP contribution is 2.39. The standard InChI is InChI=1S/C21H19F3N2O2S/c1-3-10-25-20-26(16-7-5-4-6-13(16)2)19(28)18(29-20)12-14-8-9-17(27)15(11-14)21(22,23)24/h4-9,11-12,27H,3,10H2,1-2H3/b18-12-,25-20?. The van der Waals surface area contributed by atoms with Crippen molar-refractivity contribution in [1.82, 2.24) is 0 Å². The number of para-hydroxylation sites is 1. The molecule has 4 nitrogen and oxygen atoms in total. The van der Waals surface area contributed by atoms with Crippen LogP contribution in [0.25, 0.3) is 6.08 Å². The number of amidine groups is 1. The summed E-state index contributed by atoms with van der Waals surface area (Å²) in [6, 6.07) is 10.5. The minimum atomic E-state index is -4.69. The van der Waals surface area contributed by atoms with Gasteiger partial charge in [0.15, 0.2) is 5.17 Å². The second kappa shape index (κ2) is 8.32. The number of phenolic OH excluding ortho intramolecular Hbond substituents is 1. The lowest BCUT2D eigenvalue weighted by atomic mass is 10.1. The molecule has 1 fully saturated rings. The van der Waals surface area contributed by atoms with Gasteiger partial charge < -0.3 is 5.11 Å². The number of aliphatic imine (C=N–C) groups is 1. The average Bonchev–Trinajstić information content (AvgIpc) is 2.96. The minimum Gasteiger partial charge on any atom is -0.507 e. The van der Waals surface area contributed by atoms with Gasteiger partial charge in [-0.15, -0.1) is 0 Å². The fourth-order valence-electron chi connectivity index (χ4n) is 2.83. The zero-order valence-corrected chi connectivity index (χ0v) is 16.6. The second-order valence-electron chi connectivity index (χ2n) is 6.48. The van der Waals surface area contributed by atoms with Gasteiger partial charge in [-0.2, -0.15) is 13.2 Å². The highest BCUT2D eigenvalue weighted by molar-refractivity contribution is 8.19. The van der Waals surface area contributed by atoms with Crippen LogP contribution in [0.5, 0.6) is 5.75 Å². The van der Waals surface area contributed by atoms with Gasteiger partial charge in [0, 0.05) is 6.54 Å². The van der Waals surface area contributed by atoms with Crippen LogP contribution < -0.4 is 4.90 Å². The Morgan fingerprint density at radius 3 is 2.59 bits per heavy atom. The molecule has 1 heterocycles. The third-order valence-corrected chi connectivity index (χ3v) is 5.26. The molecule has 0 saturated carbocycles. The number of hydrogen-bond acceptors (Lipinski definition) is 4. The second-order valence-corrected chi connectivity index (χ2v) is 7.49. The molecular formula is C21H19F3N2O2S. The maximum absolute atomic E-state index is 13.1. The van der Waals surface area contributed by atoms with Crippen LogP contribution in [-0.4, -0.2) is 22.7 Å². The Bertz CT molecular complexity index is 1000. The van der Waals surface area contributed by atoms with Crippen LogP contribution in [0.1, 0.15) is 30.0 Å². The number of carbonyl (C=O) groups is 1. The number of carbonyl (C=O) groups excluding carboxylic acids is 1. The van der Waals surface area contributed by atoms with Crippen LogP contribution >= 0.6 is 11.8 Å². The van der Waals surface area contributed by atoms with E-state index in [4.69, 9.17) is 0 Å². The minimum absolute atomic E-state index is 0.174. The molecule has 0 aromatic heterocycles. The SMILES string of the molecule is CCCN=C1S/C(=C\c2ccc(O)c(C(F)(F)F)c2)C(=O)N1c1ccccc1C. The van der Waals surface area contributed by atoms with Crippen molar-refractivity contribution in [3.05, 3.63) is 64.1 Å². The number of thioether (sulfide) groups is 1. The van der Waals surface area contributed by atoms with Crippen LogP contribution in [0, 0.1) is 6.92 Å². The van der Waals surface area contributed by atoms with Gasteiger partial charge in [0.25, 0.3) is 5.91 Å². The summed E-state index contributed by atoms with van der Waals surface area (Å²) in [4.78, 5) is 19.3. The normalized spacial score (nSPS) is 17.6. The number of benzene rings is 2. The number of rotatable bonds is 4. The summed E-state index contributed by atoms with van der Waals surface area (Å²) in [6.45, 7) is 4.38. The number of aryl methyl sites for hydroxylation is 1. The molecule has 3 rings (SSSR count). The molecule has 2 aromatic carbocycles. The molecule has 0 unspecified atom stereocenters. The number of halogens is 3. The van der Waals surface area contributed by atoms with E-state index in [0.717, 1.165) is 35.9 Å². The lowest BCUT2D eigenvalue weighted by Gasteiger charge is -2.18.